The Morgan fingerprint density at radius 1 is 0.545 bits per heavy atom. The van der Waals surface area contributed by atoms with Gasteiger partial charge in [-0.3, -0.25) is 14.4 Å². The number of rotatable bonds is 3. The normalized spacial score (nSPS) is 10.9. The van der Waals surface area contributed by atoms with Gasteiger partial charge in [-0.15, -0.1) is 0 Å². The number of ketones is 3. The summed E-state index contributed by atoms with van der Waals surface area (Å²) in [6.07, 6.45) is 3.50. The van der Waals surface area contributed by atoms with Crippen LogP contribution < -0.4 is 0 Å². The Hall–Kier alpha value is -1.84. The Bertz CT molecular complexity index is 368. The van der Waals surface area contributed by atoms with Crippen molar-refractivity contribution in [3.05, 3.63) is 35.5 Å². The molecule has 0 aliphatic carbocycles. The average molecular weight is 352 g/mol. The summed E-state index contributed by atoms with van der Waals surface area (Å²) >= 11 is 0. The molecule has 0 saturated heterocycles. The minimum atomic E-state index is -0.125. The maximum absolute atomic E-state index is 10.0. The summed E-state index contributed by atoms with van der Waals surface area (Å²) in [5.41, 5.74) is 0. The molecule has 22 heavy (non-hydrogen) atoms. The van der Waals surface area contributed by atoms with E-state index in [1.54, 1.807) is 0 Å². The molecule has 0 spiro atoms. The van der Waals surface area contributed by atoms with E-state index in [4.69, 9.17) is 15.3 Å². The fourth-order valence-electron chi connectivity index (χ4n) is 0.882. The molecule has 0 atom stereocenters. The van der Waals surface area contributed by atoms with Crippen LogP contribution in [0.15, 0.2) is 35.5 Å². The molecule has 0 aromatic rings. The number of hydrogen-bond acceptors (Lipinski definition) is 6. The van der Waals surface area contributed by atoms with E-state index in [1.165, 1.54) is 59.8 Å². The van der Waals surface area contributed by atoms with Crippen molar-refractivity contribution in [2.24, 2.45) is 0 Å². The molecule has 0 aliphatic heterocycles. The largest absolute Gasteiger partial charge is 0.512 e. The van der Waals surface area contributed by atoms with E-state index in [-0.39, 0.29) is 52.0 Å². The first-order valence-corrected chi connectivity index (χ1v) is 6.02. The third-order valence-corrected chi connectivity index (χ3v) is 1.24. The second-order valence-electron chi connectivity index (χ2n) is 4.19. The predicted molar refractivity (Wildman–Crippen MR) is 81.2 cm³/mol. The smallest absolute Gasteiger partial charge is 0.155 e. The Kier molecular flexibility index (Phi) is 22.2. The van der Waals surface area contributed by atoms with Gasteiger partial charge in [0.25, 0.3) is 0 Å². The van der Waals surface area contributed by atoms with Crippen LogP contribution in [0.5, 0.6) is 0 Å². The van der Waals surface area contributed by atoms with Crippen molar-refractivity contribution in [2.75, 3.05) is 0 Å². The third-order valence-electron chi connectivity index (χ3n) is 1.24. The second-order valence-corrected chi connectivity index (χ2v) is 4.19. The van der Waals surface area contributed by atoms with Crippen LogP contribution in [-0.2, 0) is 31.7 Å². The molecule has 126 valence electrons. The molecule has 0 rings (SSSR count). The minimum absolute atomic E-state index is 0. The zero-order chi connectivity index (χ0) is 17.6. The van der Waals surface area contributed by atoms with E-state index < -0.39 is 0 Å². The number of hydrogen-bond donors (Lipinski definition) is 3. The van der Waals surface area contributed by atoms with Crippen LogP contribution in [0.25, 0.3) is 0 Å². The number of carbonyl (C=O) groups is 3. The van der Waals surface area contributed by atoms with Gasteiger partial charge in [-0.25, -0.2) is 0 Å². The van der Waals surface area contributed by atoms with E-state index >= 15 is 0 Å². The minimum Gasteiger partial charge on any atom is -0.512 e. The van der Waals surface area contributed by atoms with Gasteiger partial charge in [0.15, 0.2) is 17.3 Å². The first-order valence-electron chi connectivity index (χ1n) is 6.02. The summed E-state index contributed by atoms with van der Waals surface area (Å²) in [6, 6.07) is 0. The molecule has 0 saturated carbocycles. The molecular formula is C15H24CrO6. The number of carbonyl (C=O) groups excluding carboxylic acids is 3. The zero-order valence-electron chi connectivity index (χ0n) is 13.7. The van der Waals surface area contributed by atoms with Crippen LogP contribution >= 0.6 is 0 Å². The maximum Gasteiger partial charge on any atom is 0.155 e. The fraction of sp³-hybridized carbons (Fsp3) is 0.400. The molecular weight excluding hydrogens is 328 g/mol. The van der Waals surface area contributed by atoms with Crippen LogP contribution in [0, 0.1) is 0 Å². The van der Waals surface area contributed by atoms with Crippen molar-refractivity contribution in [2.45, 2.75) is 41.5 Å². The van der Waals surface area contributed by atoms with Gasteiger partial charge in [0, 0.05) is 35.6 Å². The summed E-state index contributed by atoms with van der Waals surface area (Å²) in [7, 11) is 0. The van der Waals surface area contributed by atoms with Crippen molar-refractivity contribution < 1.29 is 47.1 Å². The van der Waals surface area contributed by atoms with Crippen molar-refractivity contribution in [1.82, 2.24) is 0 Å². The van der Waals surface area contributed by atoms with Crippen molar-refractivity contribution in [3.8, 4) is 0 Å². The van der Waals surface area contributed by atoms with Gasteiger partial charge in [0.1, 0.15) is 0 Å². The van der Waals surface area contributed by atoms with E-state index in [0.717, 1.165) is 0 Å². The Morgan fingerprint density at radius 3 is 0.682 bits per heavy atom. The molecule has 0 amide bonds. The SMILES string of the molecule is CC(=O)/C=C(/C)O.CC(=O)/C=C(/C)O.CC(=O)/C=C(\C)O.[Cr]. The van der Waals surface area contributed by atoms with Gasteiger partial charge in [0.2, 0.25) is 0 Å². The quantitative estimate of drug-likeness (QED) is 0.531. The van der Waals surface area contributed by atoms with Crippen LogP contribution in [0.3, 0.4) is 0 Å². The molecule has 6 nitrogen and oxygen atoms in total. The molecule has 0 aliphatic rings. The summed E-state index contributed by atoms with van der Waals surface area (Å²) < 4.78 is 0. The molecule has 3 N–H and O–H groups in total. The Labute approximate surface area is 142 Å². The van der Waals surface area contributed by atoms with Crippen molar-refractivity contribution in [1.29, 1.82) is 0 Å². The summed E-state index contributed by atoms with van der Waals surface area (Å²) in [5.74, 6) is -0.187. The van der Waals surface area contributed by atoms with Gasteiger partial charge >= 0.3 is 0 Å². The second kappa shape index (κ2) is 17.2. The first-order chi connectivity index (χ1) is 9.38. The summed E-state index contributed by atoms with van der Waals surface area (Å²) in [6.45, 7) is 8.54. The fourth-order valence-corrected chi connectivity index (χ4v) is 0.882. The monoisotopic (exact) mass is 352 g/mol. The molecule has 7 heteroatoms. The van der Waals surface area contributed by atoms with Gasteiger partial charge in [-0.2, -0.15) is 0 Å². The Balaban J connectivity index is -0.000000108. The number of aliphatic hydroxyl groups excluding tert-OH is 3. The van der Waals surface area contributed by atoms with Gasteiger partial charge < -0.3 is 15.3 Å². The Morgan fingerprint density at radius 2 is 0.682 bits per heavy atom. The summed E-state index contributed by atoms with van der Waals surface area (Å²) in [5, 5.41) is 25.1. The van der Waals surface area contributed by atoms with E-state index in [2.05, 4.69) is 0 Å². The van der Waals surface area contributed by atoms with E-state index in [0.29, 0.717) is 0 Å². The van der Waals surface area contributed by atoms with Crippen LogP contribution in [0.4, 0.5) is 0 Å². The molecule has 0 heterocycles. The van der Waals surface area contributed by atoms with Crippen LogP contribution in [0.2, 0.25) is 0 Å². The van der Waals surface area contributed by atoms with E-state index in [9.17, 15) is 14.4 Å². The molecule has 0 aromatic carbocycles. The third kappa shape index (κ3) is 51.8. The average Bonchev–Trinajstić information content (AvgIpc) is 2.10. The van der Waals surface area contributed by atoms with Crippen LogP contribution in [0.1, 0.15) is 41.5 Å². The molecule has 0 aromatic heterocycles. The molecule has 0 radical (unpaired) electrons. The van der Waals surface area contributed by atoms with Gasteiger partial charge in [-0.1, -0.05) is 0 Å². The number of allylic oxidation sites excluding steroid dienone is 6. The van der Waals surface area contributed by atoms with Gasteiger partial charge in [-0.05, 0) is 41.5 Å². The maximum atomic E-state index is 10.0. The molecule has 0 unspecified atom stereocenters. The molecule has 0 fully saturated rings. The van der Waals surface area contributed by atoms with Crippen molar-refractivity contribution >= 4 is 17.3 Å². The topological polar surface area (TPSA) is 112 Å². The first kappa shape index (κ1) is 28.3. The summed E-state index contributed by atoms with van der Waals surface area (Å²) in [4.78, 5) is 30.1. The molecule has 0 bridgehead atoms. The predicted octanol–water partition coefficient (Wildman–Crippen LogP) is 3.11. The number of aliphatic hydroxyl groups is 3. The van der Waals surface area contributed by atoms with E-state index in [1.807, 2.05) is 0 Å². The zero-order valence-corrected chi connectivity index (χ0v) is 15.0. The van der Waals surface area contributed by atoms with Gasteiger partial charge in [0.05, 0.1) is 17.3 Å². The van der Waals surface area contributed by atoms with Crippen molar-refractivity contribution in [3.63, 3.8) is 0 Å². The van der Waals surface area contributed by atoms with Crippen LogP contribution in [-0.4, -0.2) is 32.7 Å². The standard InChI is InChI=1S/3C5H8O2.Cr/c3*1-4(6)3-5(2)7;/h3*3,6H,1-2H3;/b4-3+;2*4-3-;.